The van der Waals surface area contributed by atoms with E-state index in [4.69, 9.17) is 9.15 Å². The normalized spacial score (nSPS) is 10.9. The van der Waals surface area contributed by atoms with Crippen LogP contribution in [-0.2, 0) is 4.79 Å². The van der Waals surface area contributed by atoms with Crippen molar-refractivity contribution in [1.82, 2.24) is 10.2 Å². The molecule has 3 aromatic rings. The first-order chi connectivity index (χ1) is 13.5. The van der Waals surface area contributed by atoms with Crippen molar-refractivity contribution < 1.29 is 13.9 Å². The monoisotopic (exact) mass is 461 g/mol. The Hall–Kier alpha value is -2.32. The number of nitrogens with one attached hydrogen (secondary N) is 1. The number of rotatable bonds is 7. The number of aromatic nitrogens is 2. The molecule has 0 saturated carbocycles. The van der Waals surface area contributed by atoms with Crippen molar-refractivity contribution in [3.05, 3.63) is 52.5 Å². The Balaban J connectivity index is 1.60. The van der Waals surface area contributed by atoms with Gasteiger partial charge >= 0.3 is 0 Å². The summed E-state index contributed by atoms with van der Waals surface area (Å²) >= 11 is 4.67. The van der Waals surface area contributed by atoms with E-state index >= 15 is 0 Å². The van der Waals surface area contributed by atoms with E-state index in [0.717, 1.165) is 27.0 Å². The third kappa shape index (κ3) is 5.14. The quantitative estimate of drug-likeness (QED) is 0.477. The molecule has 0 aliphatic heterocycles. The molecule has 8 heteroatoms. The van der Waals surface area contributed by atoms with Crippen molar-refractivity contribution >= 4 is 39.3 Å². The van der Waals surface area contributed by atoms with Gasteiger partial charge in [0, 0.05) is 15.7 Å². The fraction of sp³-hybridized carbons (Fsp3) is 0.250. The molecule has 0 aliphatic rings. The molecule has 6 nitrogen and oxygen atoms in total. The lowest BCUT2D eigenvalue weighted by Crippen LogP contribution is -2.15. The van der Waals surface area contributed by atoms with E-state index in [1.165, 1.54) is 11.8 Å². The lowest BCUT2D eigenvalue weighted by atomic mass is 10.0. The Labute approximate surface area is 176 Å². The molecule has 2 aromatic carbocycles. The van der Waals surface area contributed by atoms with Crippen molar-refractivity contribution in [3.63, 3.8) is 0 Å². The first-order valence-electron chi connectivity index (χ1n) is 8.66. The predicted octanol–water partition coefficient (Wildman–Crippen LogP) is 5.36. The number of ether oxygens (including phenoxy) is 1. The minimum absolute atomic E-state index is 0.126. The maximum Gasteiger partial charge on any atom is 0.277 e. The van der Waals surface area contributed by atoms with E-state index < -0.39 is 0 Å². The Morgan fingerprint density at radius 3 is 2.64 bits per heavy atom. The summed E-state index contributed by atoms with van der Waals surface area (Å²) in [4.78, 5) is 12.3. The van der Waals surface area contributed by atoms with Crippen LogP contribution in [0.25, 0.3) is 11.5 Å². The molecule has 0 bridgehead atoms. The average molecular weight is 462 g/mol. The summed E-state index contributed by atoms with van der Waals surface area (Å²) in [5, 5.41) is 11.3. The van der Waals surface area contributed by atoms with E-state index in [-0.39, 0.29) is 11.7 Å². The molecular weight excluding hydrogens is 442 g/mol. The zero-order chi connectivity index (χ0) is 20.1. The van der Waals surface area contributed by atoms with E-state index in [1.807, 2.05) is 42.5 Å². The van der Waals surface area contributed by atoms with Crippen LogP contribution >= 0.6 is 27.7 Å². The minimum Gasteiger partial charge on any atom is -0.497 e. The lowest BCUT2D eigenvalue weighted by molar-refractivity contribution is -0.113. The van der Waals surface area contributed by atoms with Crippen LogP contribution in [0.4, 0.5) is 5.69 Å². The topological polar surface area (TPSA) is 77.2 Å². The molecule has 0 aliphatic carbocycles. The Bertz CT molecular complexity index is 958. The highest BCUT2D eigenvalue weighted by atomic mass is 79.9. The maximum atomic E-state index is 12.3. The number of hydrogen-bond donors (Lipinski definition) is 1. The largest absolute Gasteiger partial charge is 0.497 e. The van der Waals surface area contributed by atoms with Crippen LogP contribution in [0.1, 0.15) is 25.3 Å². The number of nitrogens with zero attached hydrogens (tertiary/aromatic N) is 2. The zero-order valence-corrected chi connectivity index (χ0v) is 18.1. The summed E-state index contributed by atoms with van der Waals surface area (Å²) in [6.07, 6.45) is 0. The van der Waals surface area contributed by atoms with Crippen LogP contribution in [0.15, 0.2) is 56.6 Å². The fourth-order valence-electron chi connectivity index (χ4n) is 2.56. The van der Waals surface area contributed by atoms with Gasteiger partial charge < -0.3 is 14.5 Å². The van der Waals surface area contributed by atoms with E-state index in [0.29, 0.717) is 17.0 Å². The molecule has 1 heterocycles. The fourth-order valence-corrected chi connectivity index (χ4v) is 3.50. The highest BCUT2D eigenvalue weighted by molar-refractivity contribution is 9.10. The molecule has 1 amide bonds. The average Bonchev–Trinajstić information content (AvgIpc) is 3.17. The molecule has 0 radical (unpaired) electrons. The molecular formula is C20H20BrN3O3S. The number of carbonyl (C=O) groups is 1. The standard InChI is InChI=1S/C20H20BrN3O3S/c1-12(2)16-10-14(21)6-9-17(16)22-18(25)11-28-20-24-23-19(27-20)13-4-7-15(26-3)8-5-13/h4-10,12H,11H2,1-3H3,(H,22,25). The number of methoxy groups -OCH3 is 1. The summed E-state index contributed by atoms with van der Waals surface area (Å²) in [6.45, 7) is 4.18. The van der Waals surface area contributed by atoms with Crippen LogP contribution in [0.2, 0.25) is 0 Å². The first kappa shape index (κ1) is 20.4. The van der Waals surface area contributed by atoms with Crippen molar-refractivity contribution in [3.8, 4) is 17.2 Å². The zero-order valence-electron chi connectivity index (χ0n) is 15.7. The van der Waals surface area contributed by atoms with Crippen molar-refractivity contribution in [2.45, 2.75) is 25.0 Å². The highest BCUT2D eigenvalue weighted by Gasteiger charge is 2.14. The maximum absolute atomic E-state index is 12.3. The van der Waals surface area contributed by atoms with Gasteiger partial charge in [-0.25, -0.2) is 0 Å². The van der Waals surface area contributed by atoms with Crippen LogP contribution in [0, 0.1) is 0 Å². The SMILES string of the molecule is COc1ccc(-c2nnc(SCC(=O)Nc3ccc(Br)cc3C(C)C)o2)cc1. The van der Waals surface area contributed by atoms with Crippen molar-refractivity contribution in [2.24, 2.45) is 0 Å². The number of carbonyl (C=O) groups excluding carboxylic acids is 1. The molecule has 1 aromatic heterocycles. The van der Waals surface area contributed by atoms with Crippen LogP contribution in [0.3, 0.4) is 0 Å². The second-order valence-corrected chi connectivity index (χ2v) is 8.17. The van der Waals surface area contributed by atoms with Gasteiger partial charge in [0.15, 0.2) is 0 Å². The van der Waals surface area contributed by atoms with Gasteiger partial charge in [0.2, 0.25) is 11.8 Å². The van der Waals surface area contributed by atoms with Crippen molar-refractivity contribution in [2.75, 3.05) is 18.2 Å². The van der Waals surface area contributed by atoms with Gasteiger partial charge in [0.1, 0.15) is 5.75 Å². The third-order valence-electron chi connectivity index (χ3n) is 3.98. The number of halogens is 1. The Morgan fingerprint density at radius 1 is 1.21 bits per heavy atom. The van der Waals surface area contributed by atoms with Gasteiger partial charge in [-0.15, -0.1) is 10.2 Å². The molecule has 0 spiro atoms. The van der Waals surface area contributed by atoms with Crippen LogP contribution < -0.4 is 10.1 Å². The Kier molecular flexibility index (Phi) is 6.74. The van der Waals surface area contributed by atoms with Gasteiger partial charge in [0.05, 0.1) is 12.9 Å². The number of anilines is 1. The van der Waals surface area contributed by atoms with Gasteiger partial charge in [-0.1, -0.05) is 41.5 Å². The van der Waals surface area contributed by atoms with Crippen LogP contribution in [-0.4, -0.2) is 29.0 Å². The second kappa shape index (κ2) is 9.25. The minimum atomic E-state index is -0.126. The summed E-state index contributed by atoms with van der Waals surface area (Å²) in [6, 6.07) is 13.2. The lowest BCUT2D eigenvalue weighted by Gasteiger charge is -2.14. The number of thioether (sulfide) groups is 1. The number of amides is 1. The summed E-state index contributed by atoms with van der Waals surface area (Å²) in [5.74, 6) is 1.50. The van der Waals surface area contributed by atoms with E-state index in [2.05, 4.69) is 45.3 Å². The van der Waals surface area contributed by atoms with Gasteiger partial charge in [-0.3, -0.25) is 4.79 Å². The van der Waals surface area contributed by atoms with Gasteiger partial charge in [-0.2, -0.15) is 0 Å². The van der Waals surface area contributed by atoms with Crippen LogP contribution in [0.5, 0.6) is 5.75 Å². The molecule has 0 fully saturated rings. The highest BCUT2D eigenvalue weighted by Crippen LogP contribution is 2.28. The second-order valence-electron chi connectivity index (χ2n) is 6.32. The van der Waals surface area contributed by atoms with E-state index in [9.17, 15) is 4.79 Å². The summed E-state index contributed by atoms with van der Waals surface area (Å²) in [5.41, 5.74) is 2.68. The first-order valence-corrected chi connectivity index (χ1v) is 10.4. The summed E-state index contributed by atoms with van der Waals surface area (Å²) in [7, 11) is 1.61. The summed E-state index contributed by atoms with van der Waals surface area (Å²) < 4.78 is 11.8. The van der Waals surface area contributed by atoms with Gasteiger partial charge in [0.25, 0.3) is 5.22 Å². The smallest absolute Gasteiger partial charge is 0.277 e. The molecule has 0 unspecified atom stereocenters. The number of hydrogen-bond acceptors (Lipinski definition) is 6. The molecule has 0 saturated heterocycles. The van der Waals surface area contributed by atoms with Crippen molar-refractivity contribution in [1.29, 1.82) is 0 Å². The molecule has 146 valence electrons. The molecule has 28 heavy (non-hydrogen) atoms. The number of benzene rings is 2. The van der Waals surface area contributed by atoms with Gasteiger partial charge in [-0.05, 0) is 53.9 Å². The predicted molar refractivity (Wildman–Crippen MR) is 114 cm³/mol. The Morgan fingerprint density at radius 2 is 1.96 bits per heavy atom. The molecule has 1 N–H and O–H groups in total. The van der Waals surface area contributed by atoms with E-state index in [1.54, 1.807) is 7.11 Å². The molecule has 3 rings (SSSR count). The third-order valence-corrected chi connectivity index (χ3v) is 5.29. The molecule has 0 atom stereocenters.